The van der Waals surface area contributed by atoms with Crippen molar-refractivity contribution in [3.63, 3.8) is 0 Å². The number of halogens is 1. The van der Waals surface area contributed by atoms with Gasteiger partial charge in [0, 0.05) is 23.0 Å². The molecule has 1 aliphatic heterocycles. The fourth-order valence-electron chi connectivity index (χ4n) is 3.02. The molecule has 4 rings (SSSR count). The van der Waals surface area contributed by atoms with Crippen LogP contribution >= 0.6 is 11.6 Å². The van der Waals surface area contributed by atoms with Crippen LogP contribution in [-0.2, 0) is 10.0 Å². The van der Waals surface area contributed by atoms with Crippen LogP contribution in [0.5, 0.6) is 0 Å². The minimum absolute atomic E-state index is 0.0164. The number of anilines is 1. The van der Waals surface area contributed by atoms with Crippen LogP contribution in [0.4, 0.5) is 11.6 Å². The van der Waals surface area contributed by atoms with Gasteiger partial charge in [-0.2, -0.15) is 20.3 Å². The number of carbonyl (C=O) groups is 1. The Morgan fingerprint density at radius 3 is 2.38 bits per heavy atom. The first-order valence-electron chi connectivity index (χ1n) is 9.88. The number of hydrazone groups is 1. The first-order valence-corrected chi connectivity index (χ1v) is 11.7. The van der Waals surface area contributed by atoms with Gasteiger partial charge in [0.2, 0.25) is 5.95 Å². The number of aliphatic hydroxyl groups excluding tert-OH is 1. The van der Waals surface area contributed by atoms with Crippen LogP contribution in [0.1, 0.15) is 17.3 Å². The van der Waals surface area contributed by atoms with Crippen LogP contribution in [0, 0.1) is 0 Å². The van der Waals surface area contributed by atoms with Crippen LogP contribution in [0.2, 0.25) is 5.02 Å². The molecule has 2 unspecified atom stereocenters. The van der Waals surface area contributed by atoms with E-state index in [2.05, 4.69) is 30.0 Å². The van der Waals surface area contributed by atoms with Crippen molar-refractivity contribution in [3.8, 4) is 0 Å². The molecule has 0 fully saturated rings. The molecule has 1 amide bonds. The number of aromatic nitrogens is 2. The molecule has 2 atom stereocenters. The highest BCUT2D eigenvalue weighted by Gasteiger charge is 2.38. The lowest BCUT2D eigenvalue weighted by molar-refractivity contribution is 0.0153. The summed E-state index contributed by atoms with van der Waals surface area (Å²) in [4.78, 5) is 20.3. The molecule has 0 saturated carbocycles. The first kappa shape index (κ1) is 23.4. The Bertz CT molecular complexity index is 1350. The van der Waals surface area contributed by atoms with Crippen molar-refractivity contribution in [2.45, 2.75) is 24.1 Å². The van der Waals surface area contributed by atoms with Crippen LogP contribution in [-0.4, -0.2) is 52.4 Å². The maximum absolute atomic E-state index is 12.7. The third-order valence-electron chi connectivity index (χ3n) is 4.76. The number of nitrogens with zero attached hydrogens (tertiary/aromatic N) is 6. The van der Waals surface area contributed by atoms with Crippen LogP contribution in [0.15, 0.2) is 87.2 Å². The van der Waals surface area contributed by atoms with Gasteiger partial charge in [-0.05, 0) is 61.5 Å². The number of nitrogens with one attached hydrogen (secondary N) is 1. The summed E-state index contributed by atoms with van der Waals surface area (Å²) in [6.07, 6.45) is 1.49. The summed E-state index contributed by atoms with van der Waals surface area (Å²) >= 11 is 5.85. The molecule has 1 aliphatic rings. The van der Waals surface area contributed by atoms with Crippen LogP contribution in [0.3, 0.4) is 0 Å². The molecule has 0 bridgehead atoms. The molecular formula is C21H18ClN7O4S. The lowest BCUT2D eigenvalue weighted by Crippen LogP contribution is -2.39. The van der Waals surface area contributed by atoms with Gasteiger partial charge in [0.15, 0.2) is 12.3 Å². The normalized spacial score (nSPS) is 18.2. The average molecular weight is 500 g/mol. The quantitative estimate of drug-likeness (QED) is 0.497. The Morgan fingerprint density at radius 1 is 1.09 bits per heavy atom. The molecule has 0 radical (unpaired) electrons. The number of amides is 1. The van der Waals surface area contributed by atoms with Crippen molar-refractivity contribution in [3.05, 3.63) is 77.6 Å². The predicted molar refractivity (Wildman–Crippen MR) is 124 cm³/mol. The highest BCUT2D eigenvalue weighted by molar-refractivity contribution is 7.92. The lowest BCUT2D eigenvalue weighted by Gasteiger charge is -2.19. The van der Waals surface area contributed by atoms with E-state index in [0.717, 1.165) is 5.01 Å². The van der Waals surface area contributed by atoms with E-state index in [1.54, 1.807) is 25.1 Å². The van der Waals surface area contributed by atoms with Crippen molar-refractivity contribution < 1.29 is 18.3 Å². The van der Waals surface area contributed by atoms with Gasteiger partial charge in [-0.1, -0.05) is 11.6 Å². The van der Waals surface area contributed by atoms with E-state index in [9.17, 15) is 18.3 Å². The van der Waals surface area contributed by atoms with E-state index in [0.29, 0.717) is 22.0 Å². The molecule has 0 aliphatic carbocycles. The van der Waals surface area contributed by atoms with Gasteiger partial charge in [0.1, 0.15) is 0 Å². The Balaban J connectivity index is 1.44. The number of carbonyl (C=O) groups excluding carboxylic acids is 1. The average Bonchev–Trinajstić information content (AvgIpc) is 3.11. The van der Waals surface area contributed by atoms with E-state index >= 15 is 0 Å². The molecule has 0 spiro atoms. The highest BCUT2D eigenvalue weighted by Crippen LogP contribution is 2.24. The molecule has 2 heterocycles. The number of aliphatic hydroxyl groups is 1. The largest absolute Gasteiger partial charge is 0.369 e. The smallest absolute Gasteiger partial charge is 0.276 e. The Kier molecular flexibility index (Phi) is 6.63. The van der Waals surface area contributed by atoms with Gasteiger partial charge in [-0.3, -0.25) is 4.79 Å². The number of benzene rings is 2. The van der Waals surface area contributed by atoms with Crippen molar-refractivity contribution >= 4 is 44.9 Å². The van der Waals surface area contributed by atoms with Crippen LogP contribution < -0.4 is 4.72 Å². The summed E-state index contributed by atoms with van der Waals surface area (Å²) in [5, 5.41) is 24.3. The maximum atomic E-state index is 12.7. The molecule has 34 heavy (non-hydrogen) atoms. The van der Waals surface area contributed by atoms with E-state index in [-0.39, 0.29) is 10.8 Å². The minimum Gasteiger partial charge on any atom is -0.369 e. The summed E-state index contributed by atoms with van der Waals surface area (Å²) in [6, 6.07) is 12.5. The molecule has 2 N–H and O–H groups in total. The second-order valence-corrected chi connectivity index (χ2v) is 9.26. The van der Waals surface area contributed by atoms with Gasteiger partial charge in [-0.25, -0.2) is 23.1 Å². The van der Waals surface area contributed by atoms with Gasteiger partial charge in [0.05, 0.1) is 16.3 Å². The topological polar surface area (TPSA) is 150 Å². The van der Waals surface area contributed by atoms with Crippen molar-refractivity contribution in [1.29, 1.82) is 0 Å². The monoisotopic (exact) mass is 499 g/mol. The van der Waals surface area contributed by atoms with E-state index in [1.807, 2.05) is 0 Å². The standard InChI is InChI=1S/C21H18ClN7O4S/c1-13-18(20(31)29(27-13)19(30)14-3-5-15(22)6-4-14)26-25-16-7-9-17(10-8-16)34(32,33)28-21-23-11-2-12-24-21/h2-12,18,20,31H,1H3,(H,23,24,28)/b26-25+. The van der Waals surface area contributed by atoms with Crippen LogP contribution in [0.25, 0.3) is 0 Å². The van der Waals surface area contributed by atoms with Gasteiger partial charge >= 0.3 is 0 Å². The molecule has 3 aromatic rings. The summed E-state index contributed by atoms with van der Waals surface area (Å²) in [6.45, 7) is 1.62. The summed E-state index contributed by atoms with van der Waals surface area (Å²) < 4.78 is 27.2. The van der Waals surface area contributed by atoms with E-state index < -0.39 is 28.2 Å². The summed E-state index contributed by atoms with van der Waals surface area (Å²) in [5.74, 6) is -0.556. The number of rotatable bonds is 6. The Labute approximate surface area is 199 Å². The second-order valence-electron chi connectivity index (χ2n) is 7.14. The molecular weight excluding hydrogens is 482 g/mol. The van der Waals surface area contributed by atoms with Crippen molar-refractivity contribution in [1.82, 2.24) is 15.0 Å². The van der Waals surface area contributed by atoms with Gasteiger partial charge in [0.25, 0.3) is 15.9 Å². The van der Waals surface area contributed by atoms with E-state index in [4.69, 9.17) is 11.6 Å². The number of sulfonamides is 1. The Morgan fingerprint density at radius 2 is 1.74 bits per heavy atom. The predicted octanol–water partition coefficient (Wildman–Crippen LogP) is 3.23. The number of hydrogen-bond donors (Lipinski definition) is 2. The zero-order chi connectivity index (χ0) is 24.3. The maximum Gasteiger partial charge on any atom is 0.276 e. The SMILES string of the molecule is CC1=NN(C(=O)c2ccc(Cl)cc2)C(O)C1/N=N/c1ccc(S(=O)(=O)Nc2ncccn2)cc1. The zero-order valence-corrected chi connectivity index (χ0v) is 19.2. The van der Waals surface area contributed by atoms with Crippen molar-refractivity contribution in [2.24, 2.45) is 15.3 Å². The molecule has 2 aromatic carbocycles. The highest BCUT2D eigenvalue weighted by atomic mass is 35.5. The third-order valence-corrected chi connectivity index (χ3v) is 6.36. The van der Waals surface area contributed by atoms with Crippen molar-refractivity contribution in [2.75, 3.05) is 4.72 Å². The molecule has 1 aromatic heterocycles. The number of hydrogen-bond acceptors (Lipinski definition) is 9. The second kappa shape index (κ2) is 9.63. The van der Waals surface area contributed by atoms with E-state index in [1.165, 1.54) is 48.8 Å². The third kappa shape index (κ3) is 5.09. The fraction of sp³-hybridized carbons (Fsp3) is 0.143. The first-order chi connectivity index (χ1) is 16.2. The molecule has 174 valence electrons. The zero-order valence-electron chi connectivity index (χ0n) is 17.6. The fourth-order valence-corrected chi connectivity index (χ4v) is 4.11. The lowest BCUT2D eigenvalue weighted by atomic mass is 10.1. The summed E-state index contributed by atoms with van der Waals surface area (Å²) in [5.41, 5.74) is 1.05. The number of azo groups is 1. The minimum atomic E-state index is -3.88. The summed E-state index contributed by atoms with van der Waals surface area (Å²) in [7, 11) is -3.88. The Hall–Kier alpha value is -3.74. The van der Waals surface area contributed by atoms with Gasteiger partial charge < -0.3 is 5.11 Å². The van der Waals surface area contributed by atoms with Gasteiger partial charge in [-0.15, -0.1) is 0 Å². The molecule has 0 saturated heterocycles. The molecule has 13 heteroatoms. The molecule has 11 nitrogen and oxygen atoms in total.